The zero-order valence-corrected chi connectivity index (χ0v) is 11.7. The number of nitrogens with zero attached hydrogens (tertiary/aromatic N) is 3. The Kier molecular flexibility index (Phi) is 3.52. The molecule has 1 aliphatic heterocycles. The number of hydrogen-bond acceptors (Lipinski definition) is 5. The number of anilines is 1. The summed E-state index contributed by atoms with van der Waals surface area (Å²) >= 11 is 1.55. The first-order valence-electron chi connectivity index (χ1n) is 6.49. The molecule has 102 valence electrons. The van der Waals surface area contributed by atoms with Crippen molar-refractivity contribution < 1.29 is 9.53 Å². The SMILES string of the molecule is CN(CC1CCOCC1)c1nc2sccn2c1C=O. The molecular weight excluding hydrogens is 262 g/mol. The van der Waals surface area contributed by atoms with Crippen molar-refractivity contribution in [1.82, 2.24) is 9.38 Å². The third-order valence-electron chi connectivity index (χ3n) is 3.63. The second-order valence-electron chi connectivity index (χ2n) is 4.93. The number of aromatic nitrogens is 2. The molecule has 0 atom stereocenters. The van der Waals surface area contributed by atoms with Crippen LogP contribution < -0.4 is 4.90 Å². The van der Waals surface area contributed by atoms with E-state index in [1.165, 1.54) is 0 Å². The first-order chi connectivity index (χ1) is 9.29. The van der Waals surface area contributed by atoms with E-state index in [2.05, 4.69) is 9.88 Å². The highest BCUT2D eigenvalue weighted by Crippen LogP contribution is 2.25. The molecule has 2 aromatic rings. The molecule has 2 aromatic heterocycles. The van der Waals surface area contributed by atoms with Crippen LogP contribution in [-0.4, -0.2) is 42.5 Å². The molecule has 5 nitrogen and oxygen atoms in total. The van der Waals surface area contributed by atoms with E-state index >= 15 is 0 Å². The zero-order valence-electron chi connectivity index (χ0n) is 10.9. The maximum absolute atomic E-state index is 11.3. The normalized spacial score (nSPS) is 16.9. The van der Waals surface area contributed by atoms with E-state index in [9.17, 15) is 4.79 Å². The van der Waals surface area contributed by atoms with Crippen LogP contribution in [0, 0.1) is 5.92 Å². The van der Waals surface area contributed by atoms with Crippen LogP contribution >= 0.6 is 11.3 Å². The van der Waals surface area contributed by atoms with Crippen LogP contribution in [0.25, 0.3) is 4.96 Å². The fourth-order valence-corrected chi connectivity index (χ4v) is 3.30. The Morgan fingerprint density at radius 1 is 1.58 bits per heavy atom. The molecule has 0 unspecified atom stereocenters. The van der Waals surface area contributed by atoms with Crippen molar-refractivity contribution in [3.05, 3.63) is 17.3 Å². The smallest absolute Gasteiger partial charge is 0.196 e. The third kappa shape index (κ3) is 2.37. The Morgan fingerprint density at radius 3 is 3.11 bits per heavy atom. The molecule has 0 aromatic carbocycles. The van der Waals surface area contributed by atoms with Gasteiger partial charge in [-0.15, -0.1) is 11.3 Å². The molecular formula is C13H17N3O2S. The second-order valence-corrected chi connectivity index (χ2v) is 5.80. The van der Waals surface area contributed by atoms with Gasteiger partial charge < -0.3 is 9.64 Å². The molecule has 0 N–H and O–H groups in total. The van der Waals surface area contributed by atoms with Crippen molar-refractivity contribution in [2.75, 3.05) is 31.7 Å². The molecule has 3 heterocycles. The summed E-state index contributed by atoms with van der Waals surface area (Å²) in [6.45, 7) is 2.61. The van der Waals surface area contributed by atoms with Crippen molar-refractivity contribution in [2.45, 2.75) is 12.8 Å². The number of imidazole rings is 1. The molecule has 19 heavy (non-hydrogen) atoms. The van der Waals surface area contributed by atoms with Gasteiger partial charge in [-0.1, -0.05) is 0 Å². The Bertz CT molecular complexity index is 571. The van der Waals surface area contributed by atoms with Crippen molar-refractivity contribution in [2.24, 2.45) is 5.92 Å². The van der Waals surface area contributed by atoms with Gasteiger partial charge in [0.15, 0.2) is 17.1 Å². The summed E-state index contributed by atoms with van der Waals surface area (Å²) in [6.07, 6.45) is 4.96. The van der Waals surface area contributed by atoms with E-state index in [0.29, 0.717) is 11.6 Å². The second kappa shape index (κ2) is 5.30. The van der Waals surface area contributed by atoms with Gasteiger partial charge in [-0.3, -0.25) is 9.20 Å². The number of fused-ring (bicyclic) bond motifs is 1. The van der Waals surface area contributed by atoms with E-state index in [-0.39, 0.29) is 0 Å². The maximum atomic E-state index is 11.3. The van der Waals surface area contributed by atoms with Gasteiger partial charge in [0.05, 0.1) is 0 Å². The van der Waals surface area contributed by atoms with Crippen molar-refractivity contribution in [3.63, 3.8) is 0 Å². The number of thiazole rings is 1. The fraction of sp³-hybridized carbons (Fsp3) is 0.538. The van der Waals surface area contributed by atoms with Crippen molar-refractivity contribution in [3.8, 4) is 0 Å². The average Bonchev–Trinajstić information content (AvgIpc) is 2.99. The Labute approximate surface area is 115 Å². The summed E-state index contributed by atoms with van der Waals surface area (Å²) in [5, 5.41) is 1.94. The van der Waals surface area contributed by atoms with Crippen LogP contribution in [-0.2, 0) is 4.74 Å². The highest BCUT2D eigenvalue weighted by Gasteiger charge is 2.20. The Morgan fingerprint density at radius 2 is 2.37 bits per heavy atom. The predicted octanol–water partition coefficient (Wildman–Crippen LogP) is 2.07. The number of carbonyl (C=O) groups is 1. The minimum atomic E-state index is 0.623. The van der Waals surface area contributed by atoms with E-state index in [0.717, 1.165) is 49.7 Å². The van der Waals surface area contributed by atoms with E-state index in [1.54, 1.807) is 11.3 Å². The zero-order chi connectivity index (χ0) is 13.2. The minimum Gasteiger partial charge on any atom is -0.381 e. The van der Waals surface area contributed by atoms with Crippen LogP contribution in [0.2, 0.25) is 0 Å². The number of rotatable bonds is 4. The monoisotopic (exact) mass is 279 g/mol. The lowest BCUT2D eigenvalue weighted by molar-refractivity contribution is 0.0684. The van der Waals surface area contributed by atoms with E-state index in [4.69, 9.17) is 4.74 Å². The third-order valence-corrected chi connectivity index (χ3v) is 4.38. The van der Waals surface area contributed by atoms with Gasteiger partial charge in [-0.25, -0.2) is 4.98 Å². The van der Waals surface area contributed by atoms with Crippen LogP contribution in [0.4, 0.5) is 5.82 Å². The molecule has 0 radical (unpaired) electrons. The highest BCUT2D eigenvalue weighted by atomic mass is 32.1. The summed E-state index contributed by atoms with van der Waals surface area (Å²) < 4.78 is 7.23. The summed E-state index contributed by atoms with van der Waals surface area (Å²) in [6, 6.07) is 0. The molecule has 0 amide bonds. The largest absolute Gasteiger partial charge is 0.381 e. The minimum absolute atomic E-state index is 0.623. The Balaban J connectivity index is 1.81. The molecule has 0 aliphatic carbocycles. The van der Waals surface area contributed by atoms with Gasteiger partial charge in [0.25, 0.3) is 0 Å². The number of ether oxygens (including phenoxy) is 1. The quantitative estimate of drug-likeness (QED) is 0.804. The molecule has 1 saturated heterocycles. The molecule has 0 bridgehead atoms. The highest BCUT2D eigenvalue weighted by molar-refractivity contribution is 7.15. The van der Waals surface area contributed by atoms with Crippen LogP contribution in [0.3, 0.4) is 0 Å². The fourth-order valence-electron chi connectivity index (χ4n) is 2.58. The molecule has 0 saturated carbocycles. The maximum Gasteiger partial charge on any atom is 0.196 e. The molecule has 6 heteroatoms. The van der Waals surface area contributed by atoms with Gasteiger partial charge in [-0.05, 0) is 18.8 Å². The van der Waals surface area contributed by atoms with E-state index < -0.39 is 0 Å². The standard InChI is InChI=1S/C13H17N3O2S/c1-15(8-10-2-5-18-6-3-10)12-11(9-17)16-4-7-19-13(16)14-12/h4,7,9-10H,2-3,5-6,8H2,1H3. The van der Waals surface area contributed by atoms with Gasteiger partial charge in [-0.2, -0.15) is 0 Å². The van der Waals surface area contributed by atoms with Crippen LogP contribution in [0.5, 0.6) is 0 Å². The summed E-state index contributed by atoms with van der Waals surface area (Å²) in [5.41, 5.74) is 0.644. The predicted molar refractivity (Wildman–Crippen MR) is 75.3 cm³/mol. The van der Waals surface area contributed by atoms with E-state index in [1.807, 2.05) is 23.0 Å². The molecule has 0 spiro atoms. The topological polar surface area (TPSA) is 46.8 Å². The van der Waals surface area contributed by atoms with Gasteiger partial charge in [0.2, 0.25) is 0 Å². The lowest BCUT2D eigenvalue weighted by atomic mass is 10.00. The van der Waals surface area contributed by atoms with Crippen LogP contribution in [0.1, 0.15) is 23.3 Å². The first kappa shape index (κ1) is 12.6. The van der Waals surface area contributed by atoms with Gasteiger partial charge in [0, 0.05) is 38.4 Å². The lowest BCUT2D eigenvalue weighted by Gasteiger charge is -2.27. The van der Waals surface area contributed by atoms with Gasteiger partial charge in [0.1, 0.15) is 5.69 Å². The van der Waals surface area contributed by atoms with Crippen LogP contribution in [0.15, 0.2) is 11.6 Å². The van der Waals surface area contributed by atoms with Crippen molar-refractivity contribution >= 4 is 28.4 Å². The summed E-state index contributed by atoms with van der Waals surface area (Å²) in [5.74, 6) is 1.41. The summed E-state index contributed by atoms with van der Waals surface area (Å²) in [7, 11) is 2.01. The molecule has 1 fully saturated rings. The first-order valence-corrected chi connectivity index (χ1v) is 7.37. The summed E-state index contributed by atoms with van der Waals surface area (Å²) in [4.78, 5) is 18.8. The molecule has 3 rings (SSSR count). The Hall–Kier alpha value is -1.40. The van der Waals surface area contributed by atoms with Gasteiger partial charge >= 0.3 is 0 Å². The average molecular weight is 279 g/mol. The lowest BCUT2D eigenvalue weighted by Crippen LogP contribution is -2.30. The molecule has 1 aliphatic rings. The number of hydrogen-bond donors (Lipinski definition) is 0. The number of carbonyl (C=O) groups excluding carboxylic acids is 1. The van der Waals surface area contributed by atoms with Crippen molar-refractivity contribution in [1.29, 1.82) is 0 Å². The number of aldehydes is 1.